The minimum atomic E-state index is -1.39. The van der Waals surface area contributed by atoms with Crippen LogP contribution in [0.4, 0.5) is 15.3 Å². The summed E-state index contributed by atoms with van der Waals surface area (Å²) in [7, 11) is 1.32. The number of nitrogens with one attached hydrogen (secondary N) is 4. The van der Waals surface area contributed by atoms with Gasteiger partial charge in [-0.2, -0.15) is 11.8 Å². The van der Waals surface area contributed by atoms with Crippen LogP contribution in [0.15, 0.2) is 12.1 Å². The third kappa shape index (κ3) is 14.8. The number of imide groups is 1. The van der Waals surface area contributed by atoms with Crippen LogP contribution in [0, 0.1) is 10.1 Å². The first-order valence-electron chi connectivity index (χ1n) is 19.2. The number of nitro groups is 1. The van der Waals surface area contributed by atoms with Crippen LogP contribution >= 0.6 is 11.8 Å². The lowest BCUT2D eigenvalue weighted by molar-refractivity contribution is -0.386. The van der Waals surface area contributed by atoms with Crippen molar-refractivity contribution in [1.29, 1.82) is 0 Å². The number of amides is 6. The van der Waals surface area contributed by atoms with Crippen molar-refractivity contribution in [2.75, 3.05) is 72.2 Å². The number of benzene rings is 1. The molecule has 3 saturated heterocycles. The zero-order valence-electron chi connectivity index (χ0n) is 32.6. The first-order valence-corrected chi connectivity index (χ1v) is 20.2. The fourth-order valence-corrected chi connectivity index (χ4v) is 7.76. The Hall–Kier alpha value is -4.93. The molecule has 21 nitrogen and oxygen atoms in total. The molecule has 1 aromatic rings. The second-order valence-corrected chi connectivity index (χ2v) is 14.6. The number of nitrogens with zero attached hydrogens (tertiary/aromatic N) is 2. The molecule has 3 aliphatic rings. The summed E-state index contributed by atoms with van der Waals surface area (Å²) < 4.78 is 32.5. The molecule has 4 unspecified atom stereocenters. The van der Waals surface area contributed by atoms with E-state index in [-0.39, 0.29) is 92.4 Å². The maximum absolute atomic E-state index is 12.2. The smallest absolute Gasteiger partial charge is 0.493 e. The Kier molecular flexibility index (Phi) is 19.0. The van der Waals surface area contributed by atoms with Gasteiger partial charge in [-0.25, -0.2) is 9.59 Å². The van der Waals surface area contributed by atoms with Gasteiger partial charge in [0.1, 0.15) is 6.10 Å². The molecule has 1 aromatic carbocycles. The summed E-state index contributed by atoms with van der Waals surface area (Å²) in [6, 6.07) is 2.69. The highest BCUT2D eigenvalue weighted by Gasteiger charge is 2.42. The summed E-state index contributed by atoms with van der Waals surface area (Å²) in [5, 5.41) is 24.0. The normalized spacial score (nSPS) is 18.9. The Morgan fingerprint density at radius 3 is 2.12 bits per heavy atom. The molecular formula is C36H52N6O15S. The molecule has 4 rings (SSSR count). The van der Waals surface area contributed by atoms with E-state index in [1.54, 1.807) is 0 Å². The molecule has 0 aliphatic carbocycles. The molecule has 6 amide bonds. The Morgan fingerprint density at radius 2 is 1.50 bits per heavy atom. The first-order chi connectivity index (χ1) is 28.0. The fourth-order valence-electron chi connectivity index (χ4n) is 6.22. The predicted molar refractivity (Wildman–Crippen MR) is 204 cm³/mol. The van der Waals surface area contributed by atoms with Crippen LogP contribution in [0.3, 0.4) is 0 Å². The number of thioether (sulfide) groups is 1. The van der Waals surface area contributed by atoms with Gasteiger partial charge < -0.3 is 49.7 Å². The highest BCUT2D eigenvalue weighted by atomic mass is 32.2. The molecule has 0 saturated carbocycles. The Morgan fingerprint density at radius 1 is 0.879 bits per heavy atom. The van der Waals surface area contributed by atoms with E-state index in [0.29, 0.717) is 56.3 Å². The van der Waals surface area contributed by atoms with Crippen molar-refractivity contribution in [2.45, 2.75) is 81.7 Å². The lowest BCUT2D eigenvalue weighted by Crippen LogP contribution is -2.36. The largest absolute Gasteiger partial charge is 0.534 e. The van der Waals surface area contributed by atoms with E-state index in [1.807, 2.05) is 11.8 Å². The van der Waals surface area contributed by atoms with Crippen molar-refractivity contribution in [3.05, 3.63) is 27.8 Å². The molecule has 322 valence electrons. The third-order valence-electron chi connectivity index (χ3n) is 9.16. The third-order valence-corrected chi connectivity index (χ3v) is 10.7. The maximum atomic E-state index is 12.2. The lowest BCUT2D eigenvalue weighted by atomic mass is 10.0. The standard InChI is InChI=1S/C36H52N6O15S/c1-23(56-36(48)57-41-32(45)9-10-33(41)46)24-20-27(51-2)28(21-26(24)42(49)50)55-13-5-8-31(44)38-12-15-53-17-19-54-18-16-52-14-11-37-30(43)7-4-3-6-29-34-25(22-58-29)39-35(47)40-34/h20-21,23,25,29,34H,3-19,22H2,1-2H3,(H,37,43)(H,38,44)(H2,39,40,47). The van der Waals surface area contributed by atoms with E-state index in [1.165, 1.54) is 20.1 Å². The van der Waals surface area contributed by atoms with Crippen LogP contribution in [0.1, 0.15) is 70.0 Å². The van der Waals surface area contributed by atoms with Crippen LogP contribution in [-0.2, 0) is 43.0 Å². The first kappa shape index (κ1) is 45.8. The van der Waals surface area contributed by atoms with Gasteiger partial charge >= 0.3 is 12.2 Å². The number of carbonyl (C=O) groups is 6. The van der Waals surface area contributed by atoms with Crippen LogP contribution in [-0.4, -0.2) is 135 Å². The summed E-state index contributed by atoms with van der Waals surface area (Å²) in [5.74, 6) is -0.601. The number of nitro benzene ring substituents is 1. The number of carbonyl (C=O) groups excluding carboxylic acids is 6. The van der Waals surface area contributed by atoms with E-state index in [9.17, 15) is 38.9 Å². The minimum Gasteiger partial charge on any atom is -0.493 e. The zero-order valence-corrected chi connectivity index (χ0v) is 33.4. The second-order valence-electron chi connectivity index (χ2n) is 13.4. The van der Waals surface area contributed by atoms with Crippen LogP contribution in [0.2, 0.25) is 0 Å². The van der Waals surface area contributed by atoms with Crippen molar-refractivity contribution in [3.8, 4) is 11.5 Å². The van der Waals surface area contributed by atoms with Gasteiger partial charge in [-0.15, -0.1) is 0 Å². The van der Waals surface area contributed by atoms with Crippen LogP contribution in [0.5, 0.6) is 11.5 Å². The number of unbranched alkanes of at least 4 members (excludes halogenated alkanes) is 1. The molecular weight excluding hydrogens is 788 g/mol. The van der Waals surface area contributed by atoms with E-state index >= 15 is 0 Å². The highest BCUT2D eigenvalue weighted by Crippen LogP contribution is 2.39. The van der Waals surface area contributed by atoms with Gasteiger partial charge in [-0.05, 0) is 32.3 Å². The van der Waals surface area contributed by atoms with Crippen LogP contribution < -0.4 is 30.7 Å². The van der Waals surface area contributed by atoms with Crippen molar-refractivity contribution in [1.82, 2.24) is 26.3 Å². The number of hydrogen-bond donors (Lipinski definition) is 4. The lowest BCUT2D eigenvalue weighted by Gasteiger charge is -2.18. The van der Waals surface area contributed by atoms with E-state index in [0.717, 1.165) is 31.1 Å². The van der Waals surface area contributed by atoms with Crippen LogP contribution in [0.25, 0.3) is 0 Å². The number of hydrogen-bond acceptors (Lipinski definition) is 16. The van der Waals surface area contributed by atoms with Gasteiger partial charge in [0.2, 0.25) is 11.8 Å². The number of ether oxygens (including phenoxy) is 6. The minimum absolute atomic E-state index is 0.00626. The monoisotopic (exact) mass is 840 g/mol. The molecule has 3 aliphatic heterocycles. The molecule has 0 spiro atoms. The van der Waals surface area contributed by atoms with Crippen molar-refractivity contribution in [3.63, 3.8) is 0 Å². The number of urea groups is 1. The van der Waals surface area contributed by atoms with Gasteiger partial charge in [0.05, 0.1) is 82.0 Å². The van der Waals surface area contributed by atoms with Gasteiger partial charge in [-0.3, -0.25) is 34.1 Å². The molecule has 4 atom stereocenters. The SMILES string of the molecule is COc1cc(C(C)OC(=O)ON2C(=O)CCC2=O)c([N+](=O)[O-])cc1OCCCC(=O)NCCOCCOCCOCCNC(=O)CCCCC1SCC2NC(=O)NC21. The summed E-state index contributed by atoms with van der Waals surface area (Å²) in [4.78, 5) is 87.2. The molecule has 58 heavy (non-hydrogen) atoms. The van der Waals surface area contributed by atoms with E-state index < -0.39 is 34.7 Å². The summed E-state index contributed by atoms with van der Waals surface area (Å²) >= 11 is 1.87. The molecule has 3 heterocycles. The topological polar surface area (TPSA) is 262 Å². The number of fused-ring (bicyclic) bond motifs is 1. The number of hydroxylamine groups is 2. The van der Waals surface area contributed by atoms with Crippen molar-refractivity contribution >= 4 is 53.3 Å². The molecule has 0 aromatic heterocycles. The average Bonchev–Trinajstić information content (AvgIpc) is 3.86. The Labute approximate surface area is 339 Å². The molecule has 3 fully saturated rings. The van der Waals surface area contributed by atoms with E-state index in [2.05, 4.69) is 26.1 Å². The Bertz CT molecular complexity index is 1590. The predicted octanol–water partition coefficient (Wildman–Crippen LogP) is 2.05. The quantitative estimate of drug-likeness (QED) is 0.0247. The summed E-state index contributed by atoms with van der Waals surface area (Å²) in [6.07, 6.45) is 0.720. The molecule has 22 heteroatoms. The zero-order chi connectivity index (χ0) is 41.9. The average molecular weight is 841 g/mol. The van der Waals surface area contributed by atoms with Gasteiger partial charge in [0.15, 0.2) is 11.5 Å². The number of methoxy groups -OCH3 is 1. The molecule has 0 radical (unpaired) electrons. The van der Waals surface area contributed by atoms with E-state index in [4.69, 9.17) is 28.4 Å². The molecule has 0 bridgehead atoms. The van der Waals surface area contributed by atoms with Crippen molar-refractivity contribution in [2.24, 2.45) is 0 Å². The maximum Gasteiger partial charge on any atom is 0.534 e. The van der Waals surface area contributed by atoms with Gasteiger partial charge in [0, 0.05) is 49.8 Å². The van der Waals surface area contributed by atoms with Gasteiger partial charge in [-0.1, -0.05) is 11.5 Å². The summed E-state index contributed by atoms with van der Waals surface area (Å²) in [5.41, 5.74) is -0.507. The number of rotatable bonds is 27. The fraction of sp³-hybridized carbons (Fsp3) is 0.667. The second kappa shape index (κ2) is 24.1. The molecule has 4 N–H and O–H groups in total. The highest BCUT2D eigenvalue weighted by molar-refractivity contribution is 8.00. The van der Waals surface area contributed by atoms with Crippen molar-refractivity contribution < 1.29 is 66.9 Å². The Balaban J connectivity index is 0.964. The summed E-state index contributed by atoms with van der Waals surface area (Å²) in [6.45, 7) is 4.15. The van der Waals surface area contributed by atoms with Gasteiger partial charge in [0.25, 0.3) is 17.5 Å².